The first-order valence-corrected chi connectivity index (χ1v) is 12.5. The summed E-state index contributed by atoms with van der Waals surface area (Å²) in [5.41, 5.74) is 2.32. The molecule has 188 valence electrons. The van der Waals surface area contributed by atoms with E-state index in [0.29, 0.717) is 24.8 Å². The van der Waals surface area contributed by atoms with E-state index in [1.807, 2.05) is 67.6 Å². The Balaban J connectivity index is 1.51. The number of nitrogens with zero attached hydrogens (tertiary/aromatic N) is 1. The minimum absolute atomic E-state index is 0.00298. The third-order valence-electron chi connectivity index (χ3n) is 8.43. The summed E-state index contributed by atoms with van der Waals surface area (Å²) in [4.78, 5) is 17.4. The van der Waals surface area contributed by atoms with Gasteiger partial charge in [0.15, 0.2) is 11.4 Å². The Bertz CT molecular complexity index is 1270. The van der Waals surface area contributed by atoms with Crippen molar-refractivity contribution in [2.24, 2.45) is 5.92 Å². The predicted molar refractivity (Wildman–Crippen MR) is 132 cm³/mol. The highest BCUT2D eigenvalue weighted by Crippen LogP contribution is 2.57. The number of ketones is 1. The van der Waals surface area contributed by atoms with Gasteiger partial charge in [-0.15, -0.1) is 0 Å². The summed E-state index contributed by atoms with van der Waals surface area (Å²) in [7, 11) is 0. The summed E-state index contributed by atoms with van der Waals surface area (Å²) in [6, 6.07) is 19.3. The van der Waals surface area contributed by atoms with Crippen LogP contribution in [-0.2, 0) is 24.7 Å². The van der Waals surface area contributed by atoms with Crippen LogP contribution in [0.2, 0.25) is 0 Å². The average Bonchev–Trinajstić information content (AvgIpc) is 2.85. The predicted octanol–water partition coefficient (Wildman–Crippen LogP) is 6.34. The van der Waals surface area contributed by atoms with Crippen molar-refractivity contribution in [2.45, 2.75) is 69.1 Å². The second-order valence-electron chi connectivity index (χ2n) is 10.5. The fourth-order valence-corrected chi connectivity index (χ4v) is 6.39. The van der Waals surface area contributed by atoms with Gasteiger partial charge in [-0.25, -0.2) is 0 Å². The Morgan fingerprint density at radius 3 is 2.58 bits per heavy atom. The zero-order valence-electron chi connectivity index (χ0n) is 20.3. The zero-order valence-corrected chi connectivity index (χ0v) is 20.3. The number of Topliss-reactive ketones (excluding diaryl/α,β-unsaturated/α-hetero) is 1. The first-order valence-electron chi connectivity index (χ1n) is 12.5. The van der Waals surface area contributed by atoms with E-state index >= 15 is 0 Å². The molecule has 3 atom stereocenters. The number of aromatic nitrogens is 1. The second kappa shape index (κ2) is 9.15. The van der Waals surface area contributed by atoms with Crippen LogP contribution in [0.5, 0.6) is 0 Å². The van der Waals surface area contributed by atoms with Gasteiger partial charge >= 0.3 is 6.18 Å². The molecular weight excluding hydrogens is 463 g/mol. The lowest BCUT2D eigenvalue weighted by molar-refractivity contribution is -0.279. The molecule has 6 heteroatoms. The molecular formula is C30H30F3NO2. The van der Waals surface area contributed by atoms with E-state index < -0.39 is 17.2 Å². The number of carbonyl (C=O) groups excluding carboxylic acids is 1. The van der Waals surface area contributed by atoms with Gasteiger partial charge in [0.1, 0.15) is 0 Å². The molecule has 36 heavy (non-hydrogen) atoms. The molecule has 0 spiro atoms. The van der Waals surface area contributed by atoms with E-state index in [9.17, 15) is 23.1 Å². The minimum atomic E-state index is -4.65. The lowest BCUT2D eigenvalue weighted by atomic mass is 9.52. The Morgan fingerprint density at radius 2 is 1.86 bits per heavy atom. The van der Waals surface area contributed by atoms with Crippen LogP contribution >= 0.6 is 0 Å². The van der Waals surface area contributed by atoms with Crippen molar-refractivity contribution in [1.29, 1.82) is 0 Å². The van der Waals surface area contributed by atoms with Gasteiger partial charge in [-0.1, -0.05) is 48.5 Å². The lowest BCUT2D eigenvalue weighted by Gasteiger charge is -2.53. The smallest absolute Gasteiger partial charge is 0.380 e. The number of benzene rings is 2. The summed E-state index contributed by atoms with van der Waals surface area (Å²) in [5.74, 6) is -0.298. The van der Waals surface area contributed by atoms with Crippen LogP contribution in [0.15, 0.2) is 66.9 Å². The standard InChI is InChI=1S/C30H30F3NO2/c1-20-22(8-5-15-34-20)17-27(35)24-10-12-26-23(16-24)9-11-25-19-29(36,30(31,32)33)14-13-28(25,26)18-21-6-3-2-4-7-21/h2-8,10,12,15-16,25,36H,9,11,13-14,17-19H2,1H3/t25-,28-,29?/m0/s1. The molecule has 3 nitrogen and oxygen atoms in total. The van der Waals surface area contributed by atoms with E-state index in [4.69, 9.17) is 0 Å². The van der Waals surface area contributed by atoms with Crippen molar-refractivity contribution in [3.63, 3.8) is 0 Å². The SMILES string of the molecule is Cc1ncccc1CC(=O)c1ccc2c(c1)CC[C@H]1CC(O)(C(F)(F)F)CC[C@@]21Cc1ccccc1. The number of carbonyl (C=O) groups is 1. The second-order valence-corrected chi connectivity index (χ2v) is 10.5. The number of alkyl halides is 3. The minimum Gasteiger partial charge on any atom is -0.380 e. The maximum absolute atomic E-state index is 13.8. The molecule has 0 amide bonds. The Labute approximate surface area is 209 Å². The molecule has 1 fully saturated rings. The maximum atomic E-state index is 13.8. The summed E-state index contributed by atoms with van der Waals surface area (Å²) in [6.07, 6.45) is -1.28. The van der Waals surface area contributed by atoms with Crippen molar-refractivity contribution in [1.82, 2.24) is 4.98 Å². The monoisotopic (exact) mass is 493 g/mol. The highest BCUT2D eigenvalue weighted by atomic mass is 19.4. The van der Waals surface area contributed by atoms with Gasteiger partial charge in [0, 0.05) is 29.3 Å². The Hall–Kier alpha value is -2.99. The van der Waals surface area contributed by atoms with Crippen molar-refractivity contribution in [3.05, 3.63) is 100 Å². The molecule has 1 saturated carbocycles. The summed E-state index contributed by atoms with van der Waals surface area (Å²) in [5, 5.41) is 10.6. The summed E-state index contributed by atoms with van der Waals surface area (Å²) < 4.78 is 41.4. The highest BCUT2D eigenvalue weighted by Gasteiger charge is 2.61. The van der Waals surface area contributed by atoms with Crippen LogP contribution in [0.3, 0.4) is 0 Å². The molecule has 0 saturated heterocycles. The summed E-state index contributed by atoms with van der Waals surface area (Å²) >= 11 is 0. The normalized spacial score (nSPS) is 25.6. The number of pyridine rings is 1. The fourth-order valence-electron chi connectivity index (χ4n) is 6.39. The molecule has 1 unspecified atom stereocenters. The zero-order chi connectivity index (χ0) is 25.6. The number of rotatable bonds is 5. The van der Waals surface area contributed by atoms with E-state index in [0.717, 1.165) is 27.9 Å². The van der Waals surface area contributed by atoms with Crippen LogP contribution in [0.1, 0.15) is 64.0 Å². The third kappa shape index (κ3) is 4.36. The fraction of sp³-hybridized carbons (Fsp3) is 0.400. The first-order chi connectivity index (χ1) is 17.1. The molecule has 2 aromatic carbocycles. The summed E-state index contributed by atoms with van der Waals surface area (Å²) in [6.45, 7) is 1.88. The average molecular weight is 494 g/mol. The number of hydrogen-bond donors (Lipinski definition) is 1. The Kier molecular flexibility index (Phi) is 6.27. The van der Waals surface area contributed by atoms with Crippen LogP contribution in [0.25, 0.3) is 0 Å². The van der Waals surface area contributed by atoms with Gasteiger partial charge in [0.2, 0.25) is 0 Å². The van der Waals surface area contributed by atoms with Crippen molar-refractivity contribution in [3.8, 4) is 0 Å². The third-order valence-corrected chi connectivity index (χ3v) is 8.43. The topological polar surface area (TPSA) is 50.2 Å². The van der Waals surface area contributed by atoms with Gasteiger partial charge in [-0.2, -0.15) is 13.2 Å². The van der Waals surface area contributed by atoms with Crippen molar-refractivity contribution >= 4 is 5.78 Å². The quantitative estimate of drug-likeness (QED) is 0.422. The van der Waals surface area contributed by atoms with Gasteiger partial charge in [-0.05, 0) is 85.8 Å². The van der Waals surface area contributed by atoms with Crippen LogP contribution in [0, 0.1) is 12.8 Å². The van der Waals surface area contributed by atoms with Crippen LogP contribution in [-0.4, -0.2) is 27.7 Å². The molecule has 3 aromatic rings. The number of halogens is 3. The first kappa shape index (κ1) is 24.7. The van der Waals surface area contributed by atoms with E-state index in [1.165, 1.54) is 0 Å². The van der Waals surface area contributed by atoms with Gasteiger partial charge in [-0.3, -0.25) is 9.78 Å². The Morgan fingerprint density at radius 1 is 1.08 bits per heavy atom. The molecule has 1 heterocycles. The number of aliphatic hydroxyl groups is 1. The molecule has 2 aliphatic rings. The molecule has 1 aromatic heterocycles. The van der Waals surface area contributed by atoms with E-state index in [1.54, 1.807) is 6.20 Å². The van der Waals surface area contributed by atoms with Crippen molar-refractivity contribution in [2.75, 3.05) is 0 Å². The van der Waals surface area contributed by atoms with E-state index in [2.05, 4.69) is 4.98 Å². The highest BCUT2D eigenvalue weighted by molar-refractivity contribution is 5.98. The largest absolute Gasteiger partial charge is 0.417 e. The number of aryl methyl sites for hydroxylation is 2. The molecule has 5 rings (SSSR count). The number of hydrogen-bond acceptors (Lipinski definition) is 3. The lowest BCUT2D eigenvalue weighted by Crippen LogP contribution is -2.56. The van der Waals surface area contributed by atoms with Crippen molar-refractivity contribution < 1.29 is 23.1 Å². The molecule has 2 aliphatic carbocycles. The molecule has 0 radical (unpaired) electrons. The molecule has 0 aliphatic heterocycles. The van der Waals surface area contributed by atoms with Crippen LogP contribution in [0.4, 0.5) is 13.2 Å². The maximum Gasteiger partial charge on any atom is 0.417 e. The van der Waals surface area contributed by atoms with Gasteiger partial charge in [0.05, 0.1) is 0 Å². The number of fused-ring (bicyclic) bond motifs is 3. The van der Waals surface area contributed by atoms with Crippen LogP contribution < -0.4 is 0 Å². The van der Waals surface area contributed by atoms with Gasteiger partial charge < -0.3 is 5.11 Å². The van der Waals surface area contributed by atoms with E-state index in [-0.39, 0.29) is 37.4 Å². The molecule has 1 N–H and O–H groups in total. The van der Waals surface area contributed by atoms with Gasteiger partial charge in [0.25, 0.3) is 0 Å². The molecule has 0 bridgehead atoms.